The van der Waals surface area contributed by atoms with Crippen LogP contribution in [0.5, 0.6) is 0 Å². The molecule has 1 aromatic heterocycles. The number of pyridine rings is 1. The standard InChI is InChI=1S/C11H16ClN/c1-5-8-6-10(11(2,3)4)13-7-9(8)12/h6-7H,5H2,1-4H3. The Kier molecular flexibility index (Phi) is 2.97. The third kappa shape index (κ3) is 2.44. The normalized spacial score (nSPS) is 11.8. The van der Waals surface area contributed by atoms with Crippen LogP contribution < -0.4 is 0 Å². The van der Waals surface area contributed by atoms with Crippen molar-refractivity contribution in [3.8, 4) is 0 Å². The molecular weight excluding hydrogens is 182 g/mol. The molecule has 0 N–H and O–H groups in total. The van der Waals surface area contributed by atoms with Gasteiger partial charge in [0.2, 0.25) is 0 Å². The number of aromatic nitrogens is 1. The van der Waals surface area contributed by atoms with E-state index in [-0.39, 0.29) is 5.41 Å². The van der Waals surface area contributed by atoms with Crippen LogP contribution in [0.15, 0.2) is 12.3 Å². The molecule has 0 bridgehead atoms. The molecule has 1 aromatic rings. The molecule has 1 rings (SSSR count). The first-order valence-electron chi connectivity index (χ1n) is 4.60. The SMILES string of the molecule is CCc1cc(C(C)(C)C)ncc1Cl. The third-order valence-electron chi connectivity index (χ3n) is 2.08. The molecule has 0 saturated heterocycles. The van der Waals surface area contributed by atoms with E-state index in [0.717, 1.165) is 17.1 Å². The summed E-state index contributed by atoms with van der Waals surface area (Å²) in [4.78, 5) is 4.33. The molecule has 0 saturated carbocycles. The van der Waals surface area contributed by atoms with Crippen molar-refractivity contribution in [1.82, 2.24) is 4.98 Å². The van der Waals surface area contributed by atoms with Crippen molar-refractivity contribution in [3.63, 3.8) is 0 Å². The number of nitrogens with zero attached hydrogens (tertiary/aromatic N) is 1. The molecule has 0 aliphatic heterocycles. The second-order valence-corrected chi connectivity index (χ2v) is 4.67. The lowest BCUT2D eigenvalue weighted by Gasteiger charge is -2.18. The fourth-order valence-electron chi connectivity index (χ4n) is 1.16. The van der Waals surface area contributed by atoms with Crippen molar-refractivity contribution in [2.45, 2.75) is 39.5 Å². The van der Waals surface area contributed by atoms with E-state index in [9.17, 15) is 0 Å². The Morgan fingerprint density at radius 3 is 2.46 bits per heavy atom. The topological polar surface area (TPSA) is 12.9 Å². The van der Waals surface area contributed by atoms with E-state index in [0.29, 0.717) is 0 Å². The fraction of sp³-hybridized carbons (Fsp3) is 0.545. The van der Waals surface area contributed by atoms with Crippen molar-refractivity contribution in [2.75, 3.05) is 0 Å². The largest absolute Gasteiger partial charge is 0.259 e. The molecule has 0 fully saturated rings. The molecule has 0 spiro atoms. The van der Waals surface area contributed by atoms with Crippen LogP contribution in [0.4, 0.5) is 0 Å². The van der Waals surface area contributed by atoms with Crippen molar-refractivity contribution < 1.29 is 0 Å². The monoisotopic (exact) mass is 197 g/mol. The maximum atomic E-state index is 5.98. The summed E-state index contributed by atoms with van der Waals surface area (Å²) in [6.45, 7) is 8.57. The Labute approximate surface area is 85.1 Å². The zero-order valence-electron chi connectivity index (χ0n) is 8.69. The smallest absolute Gasteiger partial charge is 0.0621 e. The summed E-state index contributed by atoms with van der Waals surface area (Å²) in [6, 6.07) is 2.10. The highest BCUT2D eigenvalue weighted by Crippen LogP contribution is 2.24. The molecular formula is C11H16ClN. The van der Waals surface area contributed by atoms with Crippen LogP contribution in [0, 0.1) is 0 Å². The molecule has 72 valence electrons. The highest BCUT2D eigenvalue weighted by Gasteiger charge is 2.16. The predicted molar refractivity (Wildman–Crippen MR) is 57.3 cm³/mol. The average Bonchev–Trinajstić information content (AvgIpc) is 2.03. The van der Waals surface area contributed by atoms with Crippen molar-refractivity contribution in [1.29, 1.82) is 0 Å². The summed E-state index contributed by atoms with van der Waals surface area (Å²) in [5.41, 5.74) is 2.39. The summed E-state index contributed by atoms with van der Waals surface area (Å²) in [5, 5.41) is 0.774. The second-order valence-electron chi connectivity index (χ2n) is 4.26. The Balaban J connectivity index is 3.14. The van der Waals surface area contributed by atoms with Gasteiger partial charge in [0.15, 0.2) is 0 Å². The maximum Gasteiger partial charge on any atom is 0.0621 e. The molecule has 0 aliphatic carbocycles. The summed E-state index contributed by atoms with van der Waals surface area (Å²) in [7, 11) is 0. The van der Waals surface area contributed by atoms with Crippen molar-refractivity contribution in [2.24, 2.45) is 0 Å². The lowest BCUT2D eigenvalue weighted by molar-refractivity contribution is 0.568. The summed E-state index contributed by atoms with van der Waals surface area (Å²) in [6.07, 6.45) is 2.71. The van der Waals surface area contributed by atoms with Crippen molar-refractivity contribution >= 4 is 11.6 Å². The van der Waals surface area contributed by atoms with Gasteiger partial charge in [0, 0.05) is 17.3 Å². The highest BCUT2D eigenvalue weighted by atomic mass is 35.5. The van der Waals surface area contributed by atoms with Crippen LogP contribution in [0.1, 0.15) is 39.0 Å². The second kappa shape index (κ2) is 3.67. The van der Waals surface area contributed by atoms with Crippen molar-refractivity contribution in [3.05, 3.63) is 28.5 Å². The molecule has 1 heterocycles. The van der Waals surface area contributed by atoms with Gasteiger partial charge in [-0.3, -0.25) is 4.98 Å². The van der Waals surface area contributed by atoms with Gasteiger partial charge >= 0.3 is 0 Å². The van der Waals surface area contributed by atoms with Gasteiger partial charge in [-0.2, -0.15) is 0 Å². The lowest BCUT2D eigenvalue weighted by atomic mass is 9.90. The number of hydrogen-bond acceptors (Lipinski definition) is 1. The minimum Gasteiger partial charge on any atom is -0.259 e. The zero-order chi connectivity index (χ0) is 10.1. The summed E-state index contributed by atoms with van der Waals surface area (Å²) in [5.74, 6) is 0. The van der Waals surface area contributed by atoms with E-state index in [1.165, 1.54) is 5.56 Å². The first kappa shape index (κ1) is 10.5. The molecule has 0 radical (unpaired) electrons. The molecule has 0 amide bonds. The van der Waals surface area contributed by atoms with E-state index in [1.807, 2.05) is 0 Å². The van der Waals surface area contributed by atoms with E-state index < -0.39 is 0 Å². The Morgan fingerprint density at radius 2 is 2.00 bits per heavy atom. The van der Waals surface area contributed by atoms with Gasteiger partial charge < -0.3 is 0 Å². The van der Waals surface area contributed by atoms with Gasteiger partial charge in [-0.1, -0.05) is 39.3 Å². The summed E-state index contributed by atoms with van der Waals surface area (Å²) >= 11 is 5.98. The van der Waals surface area contributed by atoms with Gasteiger partial charge in [0.1, 0.15) is 0 Å². The van der Waals surface area contributed by atoms with E-state index in [1.54, 1.807) is 6.20 Å². The first-order valence-corrected chi connectivity index (χ1v) is 4.98. The van der Waals surface area contributed by atoms with E-state index >= 15 is 0 Å². The Bertz CT molecular complexity index is 299. The lowest BCUT2D eigenvalue weighted by Crippen LogP contribution is -2.13. The number of aryl methyl sites for hydroxylation is 1. The van der Waals surface area contributed by atoms with Crippen LogP contribution in [-0.4, -0.2) is 4.98 Å². The van der Waals surface area contributed by atoms with E-state index in [2.05, 4.69) is 38.7 Å². The molecule has 0 atom stereocenters. The molecule has 0 aliphatic rings. The Morgan fingerprint density at radius 1 is 1.38 bits per heavy atom. The fourth-order valence-corrected chi connectivity index (χ4v) is 1.40. The Hall–Kier alpha value is -0.560. The van der Waals surface area contributed by atoms with Gasteiger partial charge in [-0.05, 0) is 18.1 Å². The third-order valence-corrected chi connectivity index (χ3v) is 2.42. The van der Waals surface area contributed by atoms with Gasteiger partial charge in [0.25, 0.3) is 0 Å². The average molecular weight is 198 g/mol. The predicted octanol–water partition coefficient (Wildman–Crippen LogP) is 3.59. The summed E-state index contributed by atoms with van der Waals surface area (Å²) < 4.78 is 0. The van der Waals surface area contributed by atoms with Gasteiger partial charge in [-0.25, -0.2) is 0 Å². The van der Waals surface area contributed by atoms with Crippen LogP contribution in [0.3, 0.4) is 0 Å². The first-order chi connectivity index (χ1) is 5.95. The zero-order valence-corrected chi connectivity index (χ0v) is 9.44. The quantitative estimate of drug-likeness (QED) is 0.671. The highest BCUT2D eigenvalue weighted by molar-refractivity contribution is 6.31. The number of hydrogen-bond donors (Lipinski definition) is 0. The van der Waals surface area contributed by atoms with Crippen LogP contribution in [0.2, 0.25) is 5.02 Å². The number of halogens is 1. The van der Waals surface area contributed by atoms with Crippen LogP contribution in [-0.2, 0) is 11.8 Å². The molecule has 2 heteroatoms. The molecule has 1 nitrogen and oxygen atoms in total. The number of rotatable bonds is 1. The van der Waals surface area contributed by atoms with Gasteiger partial charge in [-0.15, -0.1) is 0 Å². The molecule has 0 aromatic carbocycles. The van der Waals surface area contributed by atoms with Gasteiger partial charge in [0.05, 0.1) is 5.02 Å². The van der Waals surface area contributed by atoms with Crippen LogP contribution in [0.25, 0.3) is 0 Å². The maximum absolute atomic E-state index is 5.98. The van der Waals surface area contributed by atoms with Crippen LogP contribution >= 0.6 is 11.6 Å². The van der Waals surface area contributed by atoms with E-state index in [4.69, 9.17) is 11.6 Å². The molecule has 13 heavy (non-hydrogen) atoms. The minimum atomic E-state index is 0.106. The minimum absolute atomic E-state index is 0.106. The molecule has 0 unspecified atom stereocenters.